The first-order chi connectivity index (χ1) is 33.3. The lowest BCUT2D eigenvalue weighted by Crippen LogP contribution is -2.35. The van der Waals surface area contributed by atoms with Gasteiger partial charge in [0.1, 0.15) is 5.82 Å². The Morgan fingerprint density at radius 1 is 0.783 bits per heavy atom. The third kappa shape index (κ3) is 22.2. The molecule has 1 atom stereocenters. The zero-order chi connectivity index (χ0) is 51.6. The van der Waals surface area contributed by atoms with Crippen LogP contribution in [0.3, 0.4) is 0 Å². The molecule has 8 nitrogen and oxygen atoms in total. The number of allylic oxidation sites excluding steroid dienone is 3. The van der Waals surface area contributed by atoms with E-state index in [1.807, 2.05) is 46.2 Å². The summed E-state index contributed by atoms with van der Waals surface area (Å²) < 4.78 is 13.6. The van der Waals surface area contributed by atoms with E-state index in [-0.39, 0.29) is 11.9 Å². The Morgan fingerprint density at radius 3 is 2.04 bits per heavy atom. The molecule has 0 spiro atoms. The molecular formula is C60H95FN8. The van der Waals surface area contributed by atoms with Gasteiger partial charge in [-0.2, -0.15) is 0 Å². The van der Waals surface area contributed by atoms with Gasteiger partial charge >= 0.3 is 0 Å². The van der Waals surface area contributed by atoms with Crippen LogP contribution in [0.15, 0.2) is 106 Å². The maximum atomic E-state index is 13.6. The molecule has 3 aromatic rings. The van der Waals surface area contributed by atoms with E-state index in [0.717, 1.165) is 113 Å². The summed E-state index contributed by atoms with van der Waals surface area (Å²) in [4.78, 5) is 8.11. The standard InChI is InChI=1S/C31H50N4.C19H21FN2.C10H24N2/c1-9-13-20-25(5)33-23-16-14-15-17-24-34-29-22-18-21-28(11-3)31(29)27(7)35(8)30(19-10-2)26(6)32-12-4;1-6-14(17-11-15(20)8-9-18(17)21-5)10-19-12(3)16(7-2)13(4)22-19;1-4-8-12(9-5-2)10-6-7-11-3/h11-12,18,21-22,30,32-34H,3-7,9-10,13-17,19-20,23-24H2,1-2,8H3;6-11,21-22H,1-2H2,3-5H3;11H,4-10H2,1-3H3/b;14-10+;. The first-order valence-electron chi connectivity index (χ1n) is 25.7. The Labute approximate surface area is 421 Å². The Morgan fingerprint density at radius 2 is 1.48 bits per heavy atom. The minimum atomic E-state index is -0.270. The molecule has 0 aliphatic heterocycles. The highest BCUT2D eigenvalue weighted by molar-refractivity contribution is 5.92. The van der Waals surface area contributed by atoms with Crippen molar-refractivity contribution in [3.63, 3.8) is 0 Å². The van der Waals surface area contributed by atoms with Crippen LogP contribution < -0.4 is 26.6 Å². The molecule has 382 valence electrons. The predicted octanol–water partition coefficient (Wildman–Crippen LogP) is 14.8. The number of aromatic nitrogens is 1. The van der Waals surface area contributed by atoms with Gasteiger partial charge in [-0.05, 0) is 157 Å². The number of anilines is 2. The van der Waals surface area contributed by atoms with Crippen LogP contribution in [0.25, 0.3) is 29.5 Å². The van der Waals surface area contributed by atoms with Crippen molar-refractivity contribution in [2.75, 3.05) is 71.0 Å². The number of halogens is 1. The van der Waals surface area contributed by atoms with E-state index >= 15 is 0 Å². The molecule has 0 fully saturated rings. The largest absolute Gasteiger partial charge is 0.389 e. The molecule has 69 heavy (non-hydrogen) atoms. The maximum Gasteiger partial charge on any atom is 0.123 e. The molecule has 2 aromatic carbocycles. The molecule has 6 N–H and O–H groups in total. The number of nitrogens with one attached hydrogen (secondary N) is 6. The summed E-state index contributed by atoms with van der Waals surface area (Å²) in [7, 11) is 5.93. The highest BCUT2D eigenvalue weighted by Gasteiger charge is 2.22. The summed E-state index contributed by atoms with van der Waals surface area (Å²) in [5, 5.41) is 16.6. The fraction of sp³-hybridized carbons (Fsp3) is 0.467. The smallest absolute Gasteiger partial charge is 0.123 e. The highest BCUT2D eigenvalue weighted by atomic mass is 19.1. The van der Waals surface area contributed by atoms with Crippen LogP contribution in [-0.2, 0) is 0 Å². The van der Waals surface area contributed by atoms with Gasteiger partial charge in [-0.15, -0.1) is 0 Å². The number of nitrogens with zero attached hydrogens (tertiary/aromatic N) is 2. The second kappa shape index (κ2) is 36.5. The van der Waals surface area contributed by atoms with Crippen molar-refractivity contribution >= 4 is 40.9 Å². The van der Waals surface area contributed by atoms with Crippen molar-refractivity contribution in [1.29, 1.82) is 0 Å². The molecule has 0 aliphatic rings. The van der Waals surface area contributed by atoms with Crippen LogP contribution in [0, 0.1) is 19.7 Å². The zero-order valence-electron chi connectivity index (χ0n) is 44.9. The molecule has 1 heterocycles. The summed E-state index contributed by atoms with van der Waals surface area (Å²) in [5.41, 5.74) is 13.1. The van der Waals surface area contributed by atoms with E-state index in [2.05, 4.69) is 140 Å². The van der Waals surface area contributed by atoms with E-state index < -0.39 is 0 Å². The van der Waals surface area contributed by atoms with Crippen molar-refractivity contribution in [1.82, 2.24) is 30.7 Å². The lowest BCUT2D eigenvalue weighted by Gasteiger charge is -2.34. The van der Waals surface area contributed by atoms with E-state index in [1.54, 1.807) is 18.3 Å². The van der Waals surface area contributed by atoms with Gasteiger partial charge in [-0.1, -0.05) is 130 Å². The van der Waals surface area contributed by atoms with Crippen molar-refractivity contribution < 1.29 is 4.39 Å². The normalized spacial score (nSPS) is 11.3. The van der Waals surface area contributed by atoms with Crippen molar-refractivity contribution in [2.45, 2.75) is 125 Å². The number of H-pyrrole nitrogens is 1. The van der Waals surface area contributed by atoms with Gasteiger partial charge in [0.25, 0.3) is 0 Å². The van der Waals surface area contributed by atoms with Crippen LogP contribution in [0.1, 0.15) is 144 Å². The van der Waals surface area contributed by atoms with Crippen LogP contribution in [0.4, 0.5) is 15.8 Å². The van der Waals surface area contributed by atoms with Gasteiger partial charge in [0.2, 0.25) is 0 Å². The van der Waals surface area contributed by atoms with E-state index in [0.29, 0.717) is 0 Å². The summed E-state index contributed by atoms with van der Waals surface area (Å²) >= 11 is 0. The summed E-state index contributed by atoms with van der Waals surface area (Å²) in [6.45, 7) is 48.2. The minimum absolute atomic E-state index is 0.128. The SMILES string of the molecule is C=C/C(=C\c1[nH]c(C)c(C=C)c1C)c1cc(F)ccc1NC.C=CNC(=C)C(CCC)N(C)C(=C)c1c(C=C)cccc1NCCCCCCNC(=C)CCCC.CCCN(CCC)CCCNC. The summed E-state index contributed by atoms with van der Waals surface area (Å²) in [6.07, 6.45) is 23.3. The van der Waals surface area contributed by atoms with Gasteiger partial charge in [-0.25, -0.2) is 4.39 Å². The van der Waals surface area contributed by atoms with Crippen molar-refractivity contribution in [3.8, 4) is 0 Å². The number of unbranched alkanes of at least 4 members (excludes halogenated alkanes) is 4. The third-order valence-corrected chi connectivity index (χ3v) is 12.2. The van der Waals surface area contributed by atoms with E-state index in [9.17, 15) is 4.39 Å². The summed E-state index contributed by atoms with van der Waals surface area (Å²) in [5.74, 6) is -0.270. The number of aryl methyl sites for hydroxylation is 1. The second-order valence-corrected chi connectivity index (χ2v) is 17.6. The summed E-state index contributed by atoms with van der Waals surface area (Å²) in [6, 6.07) is 11.1. The lowest BCUT2D eigenvalue weighted by atomic mass is 9.99. The van der Waals surface area contributed by atoms with Gasteiger partial charge in [0.05, 0.1) is 6.04 Å². The topological polar surface area (TPSA) is 82.4 Å². The van der Waals surface area contributed by atoms with E-state index in [4.69, 9.17) is 0 Å². The van der Waals surface area contributed by atoms with Crippen LogP contribution in [-0.4, -0.2) is 81.2 Å². The Balaban J connectivity index is 0.000000591. The Kier molecular flexibility index (Phi) is 32.5. The molecule has 0 aliphatic carbocycles. The number of hydrogen-bond donors (Lipinski definition) is 6. The van der Waals surface area contributed by atoms with Crippen LogP contribution in [0.5, 0.6) is 0 Å². The van der Waals surface area contributed by atoms with Gasteiger partial charge in [-0.3, -0.25) is 0 Å². The molecule has 3 rings (SSSR count). The average molecular weight is 947 g/mol. The molecule has 0 amide bonds. The molecule has 0 saturated carbocycles. The number of rotatable bonds is 34. The second-order valence-electron chi connectivity index (χ2n) is 17.6. The molecule has 0 radical (unpaired) electrons. The lowest BCUT2D eigenvalue weighted by molar-refractivity contribution is 0.271. The van der Waals surface area contributed by atoms with Gasteiger partial charge in [0.15, 0.2) is 0 Å². The number of benzene rings is 2. The molecule has 1 aromatic heterocycles. The number of likely N-dealkylation sites (N-methyl/N-ethyl adjacent to an activating group) is 1. The fourth-order valence-corrected chi connectivity index (χ4v) is 8.31. The Hall–Kier alpha value is -5.51. The Bertz CT molecular complexity index is 2030. The van der Waals surface area contributed by atoms with Gasteiger partial charge < -0.3 is 41.4 Å². The highest BCUT2D eigenvalue weighted by Crippen LogP contribution is 2.33. The molecule has 1 unspecified atom stereocenters. The van der Waals surface area contributed by atoms with Gasteiger partial charge in [0, 0.05) is 78.2 Å². The first kappa shape index (κ1) is 61.5. The third-order valence-electron chi connectivity index (χ3n) is 12.2. The van der Waals surface area contributed by atoms with E-state index in [1.165, 1.54) is 88.8 Å². The molecule has 0 saturated heterocycles. The first-order valence-corrected chi connectivity index (χ1v) is 25.7. The molecular weight excluding hydrogens is 852 g/mol. The minimum Gasteiger partial charge on any atom is -0.389 e. The number of hydrogen-bond acceptors (Lipinski definition) is 7. The average Bonchev–Trinajstić information content (AvgIpc) is 3.62. The fourth-order valence-electron chi connectivity index (χ4n) is 8.31. The van der Waals surface area contributed by atoms with Crippen LogP contribution >= 0.6 is 0 Å². The number of aromatic amines is 1. The quantitative estimate of drug-likeness (QED) is 0.0263. The predicted molar refractivity (Wildman–Crippen MR) is 308 cm³/mol. The zero-order valence-corrected chi connectivity index (χ0v) is 44.9. The van der Waals surface area contributed by atoms with Crippen LogP contribution in [0.2, 0.25) is 0 Å². The van der Waals surface area contributed by atoms with Crippen molar-refractivity contribution in [2.24, 2.45) is 0 Å². The van der Waals surface area contributed by atoms with Crippen molar-refractivity contribution in [3.05, 3.63) is 151 Å². The monoisotopic (exact) mass is 947 g/mol. The molecule has 9 heteroatoms. The maximum absolute atomic E-state index is 13.6. The molecule has 0 bridgehead atoms.